The number of aliphatic imine (C=N–C) groups is 2. The van der Waals surface area contributed by atoms with Gasteiger partial charge in [-0.05, 0) is 6.92 Å². The van der Waals surface area contributed by atoms with Crippen LogP contribution in [0.25, 0.3) is 0 Å². The lowest BCUT2D eigenvalue weighted by Gasteiger charge is -1.91. The maximum Gasteiger partial charge on any atom is 0.310 e. The minimum absolute atomic E-state index is 0.410. The van der Waals surface area contributed by atoms with E-state index in [9.17, 15) is 0 Å². The predicted octanol–water partition coefficient (Wildman–Crippen LogP) is 0.709. The molecule has 0 bridgehead atoms. The van der Waals surface area contributed by atoms with E-state index in [0.717, 1.165) is 0 Å². The van der Waals surface area contributed by atoms with Crippen LogP contribution < -0.4 is 0 Å². The van der Waals surface area contributed by atoms with Crippen LogP contribution in [0.15, 0.2) is 9.98 Å². The lowest BCUT2D eigenvalue weighted by molar-refractivity contribution is 0.396. The van der Waals surface area contributed by atoms with Crippen LogP contribution in [0.5, 0.6) is 0 Å². The maximum atomic E-state index is 4.69. The van der Waals surface area contributed by atoms with Crippen LogP contribution in [-0.2, 0) is 4.74 Å². The molecule has 0 aliphatic heterocycles. The van der Waals surface area contributed by atoms with Gasteiger partial charge < -0.3 is 4.74 Å². The van der Waals surface area contributed by atoms with Crippen molar-refractivity contribution in [3.8, 4) is 0 Å². The summed E-state index contributed by atoms with van der Waals surface area (Å²) in [4.78, 5) is 7.46. The topological polar surface area (TPSA) is 34.0 Å². The highest BCUT2D eigenvalue weighted by Crippen LogP contribution is 1.77. The van der Waals surface area contributed by atoms with Crippen molar-refractivity contribution in [1.29, 1.82) is 0 Å². The number of amidine groups is 1. The first-order chi connectivity index (χ1) is 3.85. The second kappa shape index (κ2) is 4.30. The Hall–Kier alpha value is -0.860. The van der Waals surface area contributed by atoms with E-state index >= 15 is 0 Å². The monoisotopic (exact) mass is 114 g/mol. The summed E-state index contributed by atoms with van der Waals surface area (Å²) in [6.45, 7) is 1.81. The minimum Gasteiger partial charge on any atom is -0.467 e. The van der Waals surface area contributed by atoms with Crippen LogP contribution >= 0.6 is 0 Å². The molecule has 0 saturated carbocycles. The third kappa shape index (κ3) is 2.34. The largest absolute Gasteiger partial charge is 0.467 e. The Kier molecular flexibility index (Phi) is 3.84. The SMILES string of the molecule is C/C=N\C(=NC)OC. The van der Waals surface area contributed by atoms with E-state index < -0.39 is 0 Å². The van der Waals surface area contributed by atoms with E-state index in [-0.39, 0.29) is 0 Å². The van der Waals surface area contributed by atoms with Gasteiger partial charge in [0.25, 0.3) is 0 Å². The molecule has 0 N–H and O–H groups in total. The van der Waals surface area contributed by atoms with Crippen LogP contribution in [0, 0.1) is 0 Å². The van der Waals surface area contributed by atoms with Crippen molar-refractivity contribution in [2.24, 2.45) is 9.98 Å². The molecule has 0 aliphatic carbocycles. The lowest BCUT2D eigenvalue weighted by atomic mass is 10.9. The lowest BCUT2D eigenvalue weighted by Crippen LogP contribution is -1.95. The molecular formula is C5H10N2O. The van der Waals surface area contributed by atoms with Gasteiger partial charge in [-0.1, -0.05) is 0 Å². The molecule has 8 heavy (non-hydrogen) atoms. The van der Waals surface area contributed by atoms with Gasteiger partial charge in [0.2, 0.25) is 0 Å². The van der Waals surface area contributed by atoms with Gasteiger partial charge >= 0.3 is 6.02 Å². The number of ether oxygens (including phenoxy) is 1. The Morgan fingerprint density at radius 1 is 1.62 bits per heavy atom. The number of hydrogen-bond donors (Lipinski definition) is 0. The molecule has 0 aromatic rings. The zero-order valence-corrected chi connectivity index (χ0v) is 5.38. The predicted molar refractivity (Wildman–Crippen MR) is 34.5 cm³/mol. The summed E-state index contributed by atoms with van der Waals surface area (Å²) >= 11 is 0. The molecule has 0 aromatic carbocycles. The summed E-state index contributed by atoms with van der Waals surface area (Å²) in [6.07, 6.45) is 1.63. The molecular weight excluding hydrogens is 104 g/mol. The van der Waals surface area contributed by atoms with Gasteiger partial charge in [0.1, 0.15) is 0 Å². The van der Waals surface area contributed by atoms with E-state index in [2.05, 4.69) is 9.98 Å². The molecule has 0 heterocycles. The fourth-order valence-electron chi connectivity index (χ4n) is 0.312. The number of rotatable bonds is 0. The van der Waals surface area contributed by atoms with E-state index in [4.69, 9.17) is 4.74 Å². The van der Waals surface area contributed by atoms with Gasteiger partial charge in [-0.2, -0.15) is 0 Å². The smallest absolute Gasteiger partial charge is 0.310 e. The van der Waals surface area contributed by atoms with Crippen LogP contribution in [0.3, 0.4) is 0 Å². The number of hydrogen-bond acceptors (Lipinski definition) is 2. The molecule has 0 radical (unpaired) electrons. The minimum atomic E-state index is 0.410. The molecule has 0 rings (SSSR count). The average Bonchev–Trinajstić information content (AvgIpc) is 1.83. The maximum absolute atomic E-state index is 4.69. The third-order valence-corrected chi connectivity index (χ3v) is 0.613. The van der Waals surface area contributed by atoms with E-state index in [0.29, 0.717) is 6.02 Å². The fourth-order valence-corrected chi connectivity index (χ4v) is 0.312. The van der Waals surface area contributed by atoms with Gasteiger partial charge in [0.15, 0.2) is 0 Å². The van der Waals surface area contributed by atoms with Crippen LogP contribution in [0.1, 0.15) is 6.92 Å². The summed E-state index contributed by atoms with van der Waals surface area (Å²) < 4.78 is 4.69. The van der Waals surface area contributed by atoms with Crippen LogP contribution in [0.4, 0.5) is 0 Å². The normalized spacial score (nSPS) is 12.6. The summed E-state index contributed by atoms with van der Waals surface area (Å²) in [6, 6.07) is 0.410. The first kappa shape index (κ1) is 7.14. The van der Waals surface area contributed by atoms with Gasteiger partial charge in [-0.15, -0.1) is 0 Å². The van der Waals surface area contributed by atoms with Crippen molar-refractivity contribution in [2.75, 3.05) is 14.2 Å². The van der Waals surface area contributed by atoms with Crippen LogP contribution in [0.2, 0.25) is 0 Å². The Bertz CT molecular complexity index is 104. The van der Waals surface area contributed by atoms with Crippen molar-refractivity contribution in [1.82, 2.24) is 0 Å². The molecule has 0 aliphatic rings. The van der Waals surface area contributed by atoms with Gasteiger partial charge in [-0.3, -0.25) is 0 Å². The average molecular weight is 114 g/mol. The molecule has 46 valence electrons. The highest BCUT2D eigenvalue weighted by atomic mass is 16.5. The van der Waals surface area contributed by atoms with Crippen molar-refractivity contribution >= 4 is 12.2 Å². The summed E-state index contributed by atoms with van der Waals surface area (Å²) in [7, 11) is 3.17. The van der Waals surface area contributed by atoms with Crippen molar-refractivity contribution in [3.05, 3.63) is 0 Å². The second-order valence-electron chi connectivity index (χ2n) is 1.10. The zero-order chi connectivity index (χ0) is 6.41. The Morgan fingerprint density at radius 3 is 2.38 bits per heavy atom. The van der Waals surface area contributed by atoms with E-state index in [1.165, 1.54) is 7.11 Å². The highest BCUT2D eigenvalue weighted by molar-refractivity contribution is 5.82. The van der Waals surface area contributed by atoms with Crippen LogP contribution in [-0.4, -0.2) is 26.4 Å². The molecule has 0 aromatic heterocycles. The fraction of sp³-hybridized carbons (Fsp3) is 0.600. The van der Waals surface area contributed by atoms with E-state index in [1.54, 1.807) is 13.3 Å². The molecule has 3 heteroatoms. The Balaban J connectivity index is 3.72. The molecule has 0 spiro atoms. The first-order valence-electron chi connectivity index (χ1n) is 2.34. The molecule has 0 amide bonds. The quantitative estimate of drug-likeness (QED) is 0.337. The zero-order valence-electron chi connectivity index (χ0n) is 5.38. The number of nitrogens with zero attached hydrogens (tertiary/aromatic N) is 2. The molecule has 0 saturated heterocycles. The molecule has 0 fully saturated rings. The van der Waals surface area contributed by atoms with Crippen molar-refractivity contribution in [3.63, 3.8) is 0 Å². The molecule has 3 nitrogen and oxygen atoms in total. The third-order valence-electron chi connectivity index (χ3n) is 0.613. The molecule has 0 unspecified atom stereocenters. The summed E-state index contributed by atoms with van der Waals surface area (Å²) in [5.74, 6) is 0. The Morgan fingerprint density at radius 2 is 2.25 bits per heavy atom. The molecule has 0 atom stereocenters. The highest BCUT2D eigenvalue weighted by Gasteiger charge is 1.83. The Labute approximate surface area is 49.1 Å². The van der Waals surface area contributed by atoms with Crippen molar-refractivity contribution < 1.29 is 4.74 Å². The summed E-state index contributed by atoms with van der Waals surface area (Å²) in [5, 5.41) is 0. The van der Waals surface area contributed by atoms with Gasteiger partial charge in [0, 0.05) is 13.3 Å². The van der Waals surface area contributed by atoms with Gasteiger partial charge in [-0.25, -0.2) is 9.98 Å². The number of methoxy groups -OCH3 is 1. The summed E-state index contributed by atoms with van der Waals surface area (Å²) in [5.41, 5.74) is 0. The van der Waals surface area contributed by atoms with E-state index in [1.807, 2.05) is 6.92 Å². The first-order valence-corrected chi connectivity index (χ1v) is 2.34. The standard InChI is InChI=1S/C5H10N2O/c1-4-7-5(6-2)8-3/h4H,1-3H3/b6-5?,7-4-. The van der Waals surface area contributed by atoms with Gasteiger partial charge in [0.05, 0.1) is 7.11 Å². The van der Waals surface area contributed by atoms with Crippen molar-refractivity contribution in [2.45, 2.75) is 6.92 Å². The second-order valence-corrected chi connectivity index (χ2v) is 1.10.